The van der Waals surface area contributed by atoms with Crippen molar-refractivity contribution in [1.29, 1.82) is 0 Å². The number of nitrogens with one attached hydrogen (secondary N) is 1. The van der Waals surface area contributed by atoms with Gasteiger partial charge in [0.25, 0.3) is 0 Å². The first kappa shape index (κ1) is 56.0. The van der Waals surface area contributed by atoms with Crippen molar-refractivity contribution in [3.63, 3.8) is 0 Å². The van der Waals surface area contributed by atoms with E-state index in [4.69, 9.17) is 4.74 Å². The summed E-state index contributed by atoms with van der Waals surface area (Å²) in [6.45, 7) is 6.27. The summed E-state index contributed by atoms with van der Waals surface area (Å²) in [6, 6.07) is -0.738. The fraction of sp³-hybridized carbons (Fsp3) is 0.698. The Labute approximate surface area is 363 Å². The van der Waals surface area contributed by atoms with Crippen LogP contribution in [-0.2, 0) is 14.3 Å². The molecule has 0 fully saturated rings. The summed E-state index contributed by atoms with van der Waals surface area (Å²) in [5.41, 5.74) is 0. The molecule has 0 radical (unpaired) electrons. The first-order chi connectivity index (χ1) is 29.0. The molecular weight excluding hydrogens is 731 g/mol. The zero-order chi connectivity index (χ0) is 43.1. The molecule has 59 heavy (non-hydrogen) atoms. The lowest BCUT2D eigenvalue weighted by Crippen LogP contribution is -2.46. The molecule has 0 aliphatic rings. The summed E-state index contributed by atoms with van der Waals surface area (Å²) in [5, 5.41) is 23.7. The molecule has 0 bridgehead atoms. The van der Waals surface area contributed by atoms with Crippen LogP contribution in [0.25, 0.3) is 0 Å². The molecule has 3 atom stereocenters. The number of ether oxygens (including phenoxy) is 1. The van der Waals surface area contributed by atoms with E-state index in [1.807, 2.05) is 12.2 Å². The van der Waals surface area contributed by atoms with E-state index in [-0.39, 0.29) is 24.9 Å². The van der Waals surface area contributed by atoms with Crippen LogP contribution in [0, 0.1) is 0 Å². The number of amides is 1. The molecule has 1 amide bonds. The topological polar surface area (TPSA) is 95.9 Å². The highest BCUT2D eigenvalue weighted by Gasteiger charge is 2.23. The smallest absolute Gasteiger partial charge is 0.306 e. The molecule has 0 spiro atoms. The van der Waals surface area contributed by atoms with E-state index in [0.717, 1.165) is 83.5 Å². The van der Waals surface area contributed by atoms with Crippen LogP contribution in [0.1, 0.15) is 213 Å². The number of aliphatic hydroxyl groups is 2. The van der Waals surface area contributed by atoms with Gasteiger partial charge in [0.1, 0.15) is 6.10 Å². The van der Waals surface area contributed by atoms with E-state index in [1.54, 1.807) is 0 Å². The molecule has 0 saturated carbocycles. The minimum Gasteiger partial charge on any atom is -0.461 e. The van der Waals surface area contributed by atoms with Crippen LogP contribution in [0.2, 0.25) is 0 Å². The Hall–Kier alpha value is -2.96. The Kier molecular flexibility index (Phi) is 43.8. The van der Waals surface area contributed by atoms with Crippen molar-refractivity contribution >= 4 is 11.9 Å². The van der Waals surface area contributed by atoms with Crippen molar-refractivity contribution in [2.75, 3.05) is 6.61 Å². The number of carbonyl (C=O) groups is 2. The number of carbonyl (C=O) groups excluding carboxylic acids is 2. The molecule has 3 N–H and O–H groups in total. The predicted octanol–water partition coefficient (Wildman–Crippen LogP) is 14.4. The number of unbranched alkanes of at least 4 members (excludes halogenated alkanes) is 19. The molecule has 6 nitrogen and oxygen atoms in total. The van der Waals surface area contributed by atoms with Crippen LogP contribution in [0.15, 0.2) is 85.1 Å². The summed E-state index contributed by atoms with van der Waals surface area (Å²) in [5.74, 6) is -0.607. The molecule has 0 aromatic heterocycles. The van der Waals surface area contributed by atoms with E-state index in [9.17, 15) is 19.8 Å². The SMILES string of the molecule is CC/C=C/C=C/C=C\CCCCCCCC(=O)OC(C/C=C\C/C=C\C/C=C\C/C=C\CCCCC)CC(=O)NC(CO)C(O)CCCCCCCCCCCCCC. The summed E-state index contributed by atoms with van der Waals surface area (Å²) >= 11 is 0. The van der Waals surface area contributed by atoms with Crippen molar-refractivity contribution in [1.82, 2.24) is 5.32 Å². The van der Waals surface area contributed by atoms with Gasteiger partial charge in [-0.2, -0.15) is 0 Å². The van der Waals surface area contributed by atoms with Crippen LogP contribution in [-0.4, -0.2) is 46.9 Å². The molecule has 0 aliphatic heterocycles. The van der Waals surface area contributed by atoms with Crippen molar-refractivity contribution in [3.8, 4) is 0 Å². The van der Waals surface area contributed by atoms with Crippen LogP contribution >= 0.6 is 0 Å². The second kappa shape index (κ2) is 46.1. The lowest BCUT2D eigenvalue weighted by Gasteiger charge is -2.24. The summed E-state index contributed by atoms with van der Waals surface area (Å²) in [4.78, 5) is 26.0. The number of esters is 1. The van der Waals surface area contributed by atoms with Gasteiger partial charge in [-0.25, -0.2) is 0 Å². The third-order valence-corrected chi connectivity index (χ3v) is 10.5. The summed E-state index contributed by atoms with van der Waals surface area (Å²) in [6.07, 6.45) is 59.4. The molecule has 0 aromatic rings. The highest BCUT2D eigenvalue weighted by atomic mass is 16.5. The summed E-state index contributed by atoms with van der Waals surface area (Å²) in [7, 11) is 0. The molecule has 0 saturated heterocycles. The lowest BCUT2D eigenvalue weighted by atomic mass is 10.0. The van der Waals surface area contributed by atoms with Gasteiger partial charge in [0.15, 0.2) is 0 Å². The third-order valence-electron chi connectivity index (χ3n) is 10.5. The summed E-state index contributed by atoms with van der Waals surface area (Å²) < 4.78 is 5.84. The van der Waals surface area contributed by atoms with Gasteiger partial charge in [-0.1, -0.05) is 215 Å². The monoisotopic (exact) mass is 822 g/mol. The average molecular weight is 822 g/mol. The molecule has 0 aliphatic carbocycles. The largest absolute Gasteiger partial charge is 0.461 e. The first-order valence-electron chi connectivity index (χ1n) is 24.3. The van der Waals surface area contributed by atoms with Gasteiger partial charge >= 0.3 is 5.97 Å². The molecule has 0 rings (SSSR count). The Morgan fingerprint density at radius 3 is 1.61 bits per heavy atom. The van der Waals surface area contributed by atoms with Crippen LogP contribution < -0.4 is 5.32 Å². The average Bonchev–Trinajstić information content (AvgIpc) is 3.23. The molecular formula is C53H91NO5. The van der Waals surface area contributed by atoms with Gasteiger partial charge in [0.2, 0.25) is 5.91 Å². The van der Waals surface area contributed by atoms with Crippen molar-refractivity contribution in [2.45, 2.75) is 232 Å². The van der Waals surface area contributed by atoms with E-state index >= 15 is 0 Å². The Balaban J connectivity index is 4.78. The second-order valence-electron chi connectivity index (χ2n) is 16.2. The van der Waals surface area contributed by atoms with Gasteiger partial charge in [-0.05, 0) is 64.2 Å². The Morgan fingerprint density at radius 1 is 0.542 bits per heavy atom. The van der Waals surface area contributed by atoms with Crippen molar-refractivity contribution in [3.05, 3.63) is 85.1 Å². The molecule has 338 valence electrons. The maximum absolute atomic E-state index is 13.1. The Morgan fingerprint density at radius 2 is 1.02 bits per heavy atom. The molecule has 6 heteroatoms. The minimum absolute atomic E-state index is 0.0107. The normalized spacial score (nSPS) is 14.1. The predicted molar refractivity (Wildman–Crippen MR) is 254 cm³/mol. The van der Waals surface area contributed by atoms with E-state index in [2.05, 4.69) is 99.0 Å². The minimum atomic E-state index is -0.817. The second-order valence-corrected chi connectivity index (χ2v) is 16.2. The van der Waals surface area contributed by atoms with E-state index in [0.29, 0.717) is 19.3 Å². The maximum Gasteiger partial charge on any atom is 0.306 e. The van der Waals surface area contributed by atoms with Crippen LogP contribution in [0.3, 0.4) is 0 Å². The number of hydrogen-bond donors (Lipinski definition) is 3. The van der Waals surface area contributed by atoms with Crippen molar-refractivity contribution < 1.29 is 24.5 Å². The molecule has 3 unspecified atom stereocenters. The van der Waals surface area contributed by atoms with Gasteiger partial charge < -0.3 is 20.3 Å². The van der Waals surface area contributed by atoms with Gasteiger partial charge in [-0.15, -0.1) is 0 Å². The first-order valence-corrected chi connectivity index (χ1v) is 24.3. The maximum atomic E-state index is 13.1. The van der Waals surface area contributed by atoms with Crippen LogP contribution in [0.4, 0.5) is 0 Å². The van der Waals surface area contributed by atoms with E-state index < -0.39 is 18.2 Å². The molecule has 0 aromatic carbocycles. The van der Waals surface area contributed by atoms with Gasteiger partial charge in [-0.3, -0.25) is 9.59 Å². The highest BCUT2D eigenvalue weighted by molar-refractivity contribution is 5.77. The highest BCUT2D eigenvalue weighted by Crippen LogP contribution is 2.16. The lowest BCUT2D eigenvalue weighted by molar-refractivity contribution is -0.150. The fourth-order valence-electron chi connectivity index (χ4n) is 6.82. The van der Waals surface area contributed by atoms with Gasteiger partial charge in [0.05, 0.1) is 25.2 Å². The fourth-order valence-corrected chi connectivity index (χ4v) is 6.82. The third kappa shape index (κ3) is 41.6. The standard InChI is InChI=1S/C53H91NO5/c1-4-7-10-13-16-19-22-25-26-28-29-32-35-38-41-44-49(59-53(58)46-43-40-37-34-31-27-23-20-17-14-11-8-5-2)47-52(57)54-50(48-55)51(56)45-42-39-36-33-30-24-21-18-15-12-9-6-3/h8,11,14,16-17,19-20,23,25-26,29,32,38,41,49-51,55-56H,4-7,9-10,12-13,15,18,21-22,24,27-28,30-31,33-37,39-40,42-48H2,1-3H3,(H,54,57)/b11-8+,17-14+,19-16-,23-20-,26-25-,32-29-,41-38-. The quantitative estimate of drug-likeness (QED) is 0.0247. The zero-order valence-corrected chi connectivity index (χ0v) is 38.4. The Bertz CT molecular complexity index is 1150. The van der Waals surface area contributed by atoms with E-state index in [1.165, 1.54) is 83.5 Å². The van der Waals surface area contributed by atoms with Crippen LogP contribution in [0.5, 0.6) is 0 Å². The number of rotatable bonds is 42. The van der Waals surface area contributed by atoms with Gasteiger partial charge in [0, 0.05) is 12.8 Å². The zero-order valence-electron chi connectivity index (χ0n) is 38.4. The van der Waals surface area contributed by atoms with Crippen molar-refractivity contribution in [2.24, 2.45) is 0 Å². The number of aliphatic hydroxyl groups excluding tert-OH is 2. The number of allylic oxidation sites excluding steroid dienone is 13. The molecule has 0 heterocycles. The number of hydrogen-bond acceptors (Lipinski definition) is 5.